The summed E-state index contributed by atoms with van der Waals surface area (Å²) in [6, 6.07) is 14.8. The van der Waals surface area contributed by atoms with Gasteiger partial charge >= 0.3 is 0 Å². The van der Waals surface area contributed by atoms with Crippen LogP contribution in [0.3, 0.4) is 0 Å². The maximum atomic E-state index is 10.5. The molecule has 0 spiro atoms. The van der Waals surface area contributed by atoms with Gasteiger partial charge in [0.15, 0.2) is 0 Å². The Bertz CT molecular complexity index is 589. The number of hydrogen-bond donors (Lipinski definition) is 1. The number of rotatable bonds is 5. The summed E-state index contributed by atoms with van der Waals surface area (Å²) in [4.78, 5) is 2.10. The zero-order chi connectivity index (χ0) is 15.4. The highest BCUT2D eigenvalue weighted by atomic mass is 16.3. The second-order valence-electron chi connectivity index (χ2n) is 5.78. The molecule has 0 aliphatic heterocycles. The summed E-state index contributed by atoms with van der Waals surface area (Å²) >= 11 is 0. The van der Waals surface area contributed by atoms with Crippen molar-refractivity contribution in [2.24, 2.45) is 0 Å². The van der Waals surface area contributed by atoms with Crippen LogP contribution in [0.15, 0.2) is 42.5 Å². The average Bonchev–Trinajstić information content (AvgIpc) is 2.49. The lowest BCUT2D eigenvalue weighted by Crippen LogP contribution is -2.24. The zero-order valence-corrected chi connectivity index (χ0v) is 13.4. The van der Waals surface area contributed by atoms with E-state index in [9.17, 15) is 5.11 Å². The quantitative estimate of drug-likeness (QED) is 0.895. The third kappa shape index (κ3) is 3.85. The largest absolute Gasteiger partial charge is 0.387 e. The Morgan fingerprint density at radius 3 is 2.33 bits per heavy atom. The molecule has 2 aromatic rings. The summed E-state index contributed by atoms with van der Waals surface area (Å²) in [5, 5.41) is 10.5. The second kappa shape index (κ2) is 6.77. The monoisotopic (exact) mass is 283 g/mol. The SMILES string of the molecule is CCc1ccc(N(C)CC(O)c2cc(C)ccc2C)cc1. The summed E-state index contributed by atoms with van der Waals surface area (Å²) in [6.45, 7) is 6.86. The minimum absolute atomic E-state index is 0.472. The molecule has 0 heterocycles. The van der Waals surface area contributed by atoms with Gasteiger partial charge < -0.3 is 10.0 Å². The second-order valence-corrected chi connectivity index (χ2v) is 5.78. The van der Waals surface area contributed by atoms with Crippen molar-refractivity contribution in [1.82, 2.24) is 0 Å². The number of anilines is 1. The molecule has 0 bridgehead atoms. The van der Waals surface area contributed by atoms with E-state index in [-0.39, 0.29) is 0 Å². The molecule has 0 aliphatic rings. The predicted molar refractivity (Wildman–Crippen MR) is 90.0 cm³/mol. The molecular weight excluding hydrogens is 258 g/mol. The molecule has 1 N–H and O–H groups in total. The molecule has 0 saturated carbocycles. The Kier molecular flexibility index (Phi) is 5.03. The van der Waals surface area contributed by atoms with E-state index in [4.69, 9.17) is 0 Å². The summed E-state index contributed by atoms with van der Waals surface area (Å²) in [6.07, 6.45) is 0.579. The number of aryl methyl sites for hydroxylation is 3. The predicted octanol–water partition coefficient (Wildman–Crippen LogP) is 4.04. The summed E-state index contributed by atoms with van der Waals surface area (Å²) in [7, 11) is 2.02. The molecule has 0 fully saturated rings. The smallest absolute Gasteiger partial charge is 0.0967 e. The van der Waals surface area contributed by atoms with Crippen LogP contribution in [0.5, 0.6) is 0 Å². The highest BCUT2D eigenvalue weighted by molar-refractivity contribution is 5.47. The van der Waals surface area contributed by atoms with Crippen LogP contribution in [0.2, 0.25) is 0 Å². The summed E-state index contributed by atoms with van der Waals surface area (Å²) in [5.41, 5.74) is 5.82. The topological polar surface area (TPSA) is 23.5 Å². The Labute approximate surface area is 128 Å². The van der Waals surface area contributed by atoms with Crippen molar-refractivity contribution in [3.8, 4) is 0 Å². The molecule has 2 rings (SSSR count). The van der Waals surface area contributed by atoms with Gasteiger partial charge in [0.1, 0.15) is 0 Å². The lowest BCUT2D eigenvalue weighted by Gasteiger charge is -2.24. The van der Waals surface area contributed by atoms with Crippen molar-refractivity contribution in [2.75, 3.05) is 18.5 Å². The van der Waals surface area contributed by atoms with Crippen LogP contribution in [-0.4, -0.2) is 18.7 Å². The first-order valence-corrected chi connectivity index (χ1v) is 7.56. The van der Waals surface area contributed by atoms with E-state index in [1.54, 1.807) is 0 Å². The number of nitrogens with zero attached hydrogens (tertiary/aromatic N) is 1. The number of benzene rings is 2. The van der Waals surface area contributed by atoms with Crippen molar-refractivity contribution in [3.05, 3.63) is 64.7 Å². The van der Waals surface area contributed by atoms with Gasteiger partial charge in [-0.2, -0.15) is 0 Å². The van der Waals surface area contributed by atoms with Crippen LogP contribution in [0.1, 0.15) is 35.3 Å². The Balaban J connectivity index is 2.10. The Morgan fingerprint density at radius 1 is 1.05 bits per heavy atom. The lowest BCUT2D eigenvalue weighted by molar-refractivity contribution is 0.184. The standard InChI is InChI=1S/C19H25NO/c1-5-16-8-10-17(11-9-16)20(4)13-19(21)18-12-14(2)6-7-15(18)3/h6-12,19,21H,5,13H2,1-4H3. The van der Waals surface area contributed by atoms with Crippen LogP contribution in [0.25, 0.3) is 0 Å². The van der Waals surface area contributed by atoms with Gasteiger partial charge in [0.05, 0.1) is 6.10 Å². The van der Waals surface area contributed by atoms with Crippen LogP contribution in [0.4, 0.5) is 5.69 Å². The van der Waals surface area contributed by atoms with Crippen LogP contribution in [0, 0.1) is 13.8 Å². The van der Waals surface area contributed by atoms with E-state index in [1.165, 1.54) is 11.1 Å². The van der Waals surface area contributed by atoms with E-state index in [0.717, 1.165) is 23.2 Å². The molecule has 2 heteroatoms. The van der Waals surface area contributed by atoms with Gasteiger partial charge in [-0.05, 0) is 49.1 Å². The first kappa shape index (κ1) is 15.6. The molecule has 112 valence electrons. The molecule has 0 aromatic heterocycles. The molecule has 0 amide bonds. The number of hydrogen-bond acceptors (Lipinski definition) is 2. The molecule has 0 aliphatic carbocycles. The fourth-order valence-electron chi connectivity index (χ4n) is 2.57. The van der Waals surface area contributed by atoms with Crippen molar-refractivity contribution < 1.29 is 5.11 Å². The van der Waals surface area contributed by atoms with Crippen LogP contribution >= 0.6 is 0 Å². The zero-order valence-electron chi connectivity index (χ0n) is 13.4. The summed E-state index contributed by atoms with van der Waals surface area (Å²) < 4.78 is 0. The molecule has 2 aromatic carbocycles. The van der Waals surface area contributed by atoms with Gasteiger partial charge in [0, 0.05) is 19.3 Å². The van der Waals surface area contributed by atoms with E-state index >= 15 is 0 Å². The van der Waals surface area contributed by atoms with Gasteiger partial charge in [-0.15, -0.1) is 0 Å². The van der Waals surface area contributed by atoms with Gasteiger partial charge in [0.25, 0.3) is 0 Å². The normalized spacial score (nSPS) is 12.2. The first-order chi connectivity index (χ1) is 10.0. The van der Waals surface area contributed by atoms with Gasteiger partial charge in [0.2, 0.25) is 0 Å². The van der Waals surface area contributed by atoms with Crippen LogP contribution < -0.4 is 4.90 Å². The third-order valence-corrected chi connectivity index (χ3v) is 4.03. The van der Waals surface area contributed by atoms with E-state index in [2.05, 4.69) is 61.2 Å². The van der Waals surface area contributed by atoms with E-state index in [1.807, 2.05) is 14.0 Å². The van der Waals surface area contributed by atoms with E-state index in [0.29, 0.717) is 6.54 Å². The minimum atomic E-state index is -0.472. The molecule has 1 atom stereocenters. The maximum Gasteiger partial charge on any atom is 0.0967 e. The fourth-order valence-corrected chi connectivity index (χ4v) is 2.57. The van der Waals surface area contributed by atoms with Crippen molar-refractivity contribution >= 4 is 5.69 Å². The molecule has 0 saturated heterocycles. The maximum absolute atomic E-state index is 10.5. The molecule has 2 nitrogen and oxygen atoms in total. The molecule has 0 radical (unpaired) electrons. The summed E-state index contributed by atoms with van der Waals surface area (Å²) in [5.74, 6) is 0. The van der Waals surface area contributed by atoms with Crippen LogP contribution in [-0.2, 0) is 6.42 Å². The van der Waals surface area contributed by atoms with Gasteiger partial charge in [-0.1, -0.05) is 42.8 Å². The Morgan fingerprint density at radius 2 is 1.71 bits per heavy atom. The lowest BCUT2D eigenvalue weighted by atomic mass is 10.0. The van der Waals surface area contributed by atoms with Crippen molar-refractivity contribution in [1.29, 1.82) is 0 Å². The highest BCUT2D eigenvalue weighted by Gasteiger charge is 2.13. The number of likely N-dealkylation sites (N-methyl/N-ethyl adjacent to an activating group) is 1. The number of aliphatic hydroxyl groups is 1. The van der Waals surface area contributed by atoms with Gasteiger partial charge in [-0.3, -0.25) is 0 Å². The molecular formula is C19H25NO. The fraction of sp³-hybridized carbons (Fsp3) is 0.368. The first-order valence-electron chi connectivity index (χ1n) is 7.56. The third-order valence-electron chi connectivity index (χ3n) is 4.03. The average molecular weight is 283 g/mol. The minimum Gasteiger partial charge on any atom is -0.387 e. The molecule has 21 heavy (non-hydrogen) atoms. The Hall–Kier alpha value is -1.80. The molecule has 1 unspecified atom stereocenters. The van der Waals surface area contributed by atoms with E-state index < -0.39 is 6.10 Å². The van der Waals surface area contributed by atoms with Crippen molar-refractivity contribution in [2.45, 2.75) is 33.3 Å². The number of aliphatic hydroxyl groups excluding tert-OH is 1. The van der Waals surface area contributed by atoms with Crippen molar-refractivity contribution in [3.63, 3.8) is 0 Å². The highest BCUT2D eigenvalue weighted by Crippen LogP contribution is 2.22. The van der Waals surface area contributed by atoms with Gasteiger partial charge in [-0.25, -0.2) is 0 Å².